The molecule has 0 aromatic carbocycles. The molecule has 0 spiro atoms. The summed E-state index contributed by atoms with van der Waals surface area (Å²) >= 11 is 0. The Morgan fingerprint density at radius 2 is 2.18 bits per heavy atom. The lowest BCUT2D eigenvalue weighted by Gasteiger charge is -1.97. The summed E-state index contributed by atoms with van der Waals surface area (Å²) in [5.41, 5.74) is 1.50. The van der Waals surface area contributed by atoms with Crippen molar-refractivity contribution < 1.29 is 4.74 Å². The molecule has 3 aromatic heterocycles. The van der Waals surface area contributed by atoms with Gasteiger partial charge in [0.2, 0.25) is 5.82 Å². The highest BCUT2D eigenvalue weighted by molar-refractivity contribution is 5.54. The predicted molar refractivity (Wildman–Crippen MR) is 62.8 cm³/mol. The molecule has 0 aliphatic carbocycles. The van der Waals surface area contributed by atoms with Gasteiger partial charge in [-0.1, -0.05) is 6.07 Å². The summed E-state index contributed by atoms with van der Waals surface area (Å²) in [4.78, 5) is 8.62. The maximum Gasteiger partial charge on any atom is 0.200 e. The van der Waals surface area contributed by atoms with E-state index in [1.54, 1.807) is 17.8 Å². The van der Waals surface area contributed by atoms with Crippen LogP contribution in [-0.2, 0) is 0 Å². The van der Waals surface area contributed by atoms with E-state index in [1.165, 1.54) is 0 Å². The Labute approximate surface area is 97.7 Å². The van der Waals surface area contributed by atoms with Crippen LogP contribution in [0.3, 0.4) is 0 Å². The molecule has 0 aliphatic heterocycles. The number of nitrogens with zero attached hydrogens (tertiary/aromatic N) is 4. The molecule has 5 nitrogen and oxygen atoms in total. The van der Waals surface area contributed by atoms with Crippen LogP contribution >= 0.6 is 0 Å². The standard InChI is InChI=1S/C12H10N4O/c1-17-9-5-7-16-11(8-9)14-12(15-16)10-4-2-3-6-13-10/h2-8H,1H3. The van der Waals surface area contributed by atoms with Gasteiger partial charge in [0.05, 0.1) is 7.11 Å². The summed E-state index contributed by atoms with van der Waals surface area (Å²) in [5.74, 6) is 1.37. The minimum atomic E-state index is 0.610. The lowest BCUT2D eigenvalue weighted by molar-refractivity contribution is 0.414. The monoisotopic (exact) mass is 226 g/mol. The normalized spacial score (nSPS) is 10.6. The number of hydrogen-bond donors (Lipinski definition) is 0. The zero-order valence-electron chi connectivity index (χ0n) is 9.24. The molecule has 0 saturated heterocycles. The van der Waals surface area contributed by atoms with Gasteiger partial charge in [0.15, 0.2) is 5.65 Å². The van der Waals surface area contributed by atoms with E-state index in [0.717, 1.165) is 17.1 Å². The smallest absolute Gasteiger partial charge is 0.200 e. The van der Waals surface area contributed by atoms with Crippen molar-refractivity contribution >= 4 is 5.65 Å². The topological polar surface area (TPSA) is 52.3 Å². The van der Waals surface area contributed by atoms with Gasteiger partial charge in [0, 0.05) is 18.5 Å². The number of pyridine rings is 2. The molecule has 0 N–H and O–H groups in total. The molecule has 3 aromatic rings. The molecular weight excluding hydrogens is 216 g/mol. The van der Waals surface area contributed by atoms with Crippen molar-refractivity contribution in [2.45, 2.75) is 0 Å². The summed E-state index contributed by atoms with van der Waals surface area (Å²) in [7, 11) is 1.63. The molecule has 0 bridgehead atoms. The third-order valence-electron chi connectivity index (χ3n) is 2.44. The zero-order chi connectivity index (χ0) is 11.7. The van der Waals surface area contributed by atoms with Gasteiger partial charge in [-0.05, 0) is 18.2 Å². The van der Waals surface area contributed by atoms with E-state index in [0.29, 0.717) is 5.82 Å². The number of ether oxygens (including phenoxy) is 1. The highest BCUT2D eigenvalue weighted by atomic mass is 16.5. The fraction of sp³-hybridized carbons (Fsp3) is 0.0833. The van der Waals surface area contributed by atoms with Crippen LogP contribution < -0.4 is 4.74 Å². The van der Waals surface area contributed by atoms with Crippen LogP contribution in [0.5, 0.6) is 5.75 Å². The van der Waals surface area contributed by atoms with E-state index < -0.39 is 0 Å². The van der Waals surface area contributed by atoms with Crippen molar-refractivity contribution in [3.63, 3.8) is 0 Å². The molecule has 3 heterocycles. The number of hydrogen-bond acceptors (Lipinski definition) is 4. The molecule has 0 amide bonds. The van der Waals surface area contributed by atoms with Crippen LogP contribution in [0.2, 0.25) is 0 Å². The summed E-state index contributed by atoms with van der Waals surface area (Å²) < 4.78 is 6.84. The first kappa shape index (κ1) is 9.77. The molecule has 0 fully saturated rings. The van der Waals surface area contributed by atoms with Crippen molar-refractivity contribution in [3.05, 3.63) is 42.7 Å². The van der Waals surface area contributed by atoms with Gasteiger partial charge in [0.25, 0.3) is 0 Å². The fourth-order valence-corrected chi connectivity index (χ4v) is 1.59. The number of methoxy groups -OCH3 is 1. The van der Waals surface area contributed by atoms with E-state index in [4.69, 9.17) is 4.74 Å². The van der Waals surface area contributed by atoms with Gasteiger partial charge in [-0.2, -0.15) is 0 Å². The third-order valence-corrected chi connectivity index (χ3v) is 2.44. The Kier molecular flexibility index (Phi) is 2.22. The number of fused-ring (bicyclic) bond motifs is 1. The minimum absolute atomic E-state index is 0.610. The molecule has 17 heavy (non-hydrogen) atoms. The first-order chi connectivity index (χ1) is 8.36. The van der Waals surface area contributed by atoms with Crippen LogP contribution in [0.25, 0.3) is 17.2 Å². The minimum Gasteiger partial charge on any atom is -0.497 e. The maximum atomic E-state index is 5.14. The Morgan fingerprint density at radius 1 is 1.24 bits per heavy atom. The van der Waals surface area contributed by atoms with Gasteiger partial charge >= 0.3 is 0 Å². The Morgan fingerprint density at radius 3 is 2.94 bits per heavy atom. The number of aromatic nitrogens is 4. The first-order valence-electron chi connectivity index (χ1n) is 5.18. The first-order valence-corrected chi connectivity index (χ1v) is 5.18. The molecule has 84 valence electrons. The van der Waals surface area contributed by atoms with E-state index in [1.807, 2.05) is 36.5 Å². The molecule has 0 saturated carbocycles. The van der Waals surface area contributed by atoms with Crippen LogP contribution in [0.4, 0.5) is 0 Å². The largest absolute Gasteiger partial charge is 0.497 e. The maximum absolute atomic E-state index is 5.14. The molecular formula is C12H10N4O. The molecule has 0 aliphatic rings. The Balaban J connectivity index is 2.14. The summed E-state index contributed by atoms with van der Waals surface area (Å²) in [6.45, 7) is 0. The van der Waals surface area contributed by atoms with Gasteiger partial charge in [0.1, 0.15) is 11.4 Å². The van der Waals surface area contributed by atoms with Crippen molar-refractivity contribution in [2.75, 3.05) is 7.11 Å². The van der Waals surface area contributed by atoms with Gasteiger partial charge in [-0.3, -0.25) is 4.98 Å². The van der Waals surface area contributed by atoms with Crippen molar-refractivity contribution in [2.24, 2.45) is 0 Å². The highest BCUT2D eigenvalue weighted by Crippen LogP contribution is 2.16. The van der Waals surface area contributed by atoms with Gasteiger partial charge < -0.3 is 4.74 Å². The Hall–Kier alpha value is -2.43. The van der Waals surface area contributed by atoms with Crippen LogP contribution in [0, 0.1) is 0 Å². The zero-order valence-corrected chi connectivity index (χ0v) is 9.24. The second-order valence-electron chi connectivity index (χ2n) is 3.52. The van der Waals surface area contributed by atoms with E-state index in [-0.39, 0.29) is 0 Å². The van der Waals surface area contributed by atoms with Crippen LogP contribution in [-0.4, -0.2) is 26.7 Å². The quantitative estimate of drug-likeness (QED) is 0.668. The second kappa shape index (κ2) is 3.86. The third kappa shape index (κ3) is 1.71. The number of rotatable bonds is 2. The summed E-state index contributed by atoms with van der Waals surface area (Å²) in [5, 5.41) is 4.35. The van der Waals surface area contributed by atoms with E-state index >= 15 is 0 Å². The van der Waals surface area contributed by atoms with Crippen LogP contribution in [0.1, 0.15) is 0 Å². The second-order valence-corrected chi connectivity index (χ2v) is 3.52. The van der Waals surface area contributed by atoms with Gasteiger partial charge in [-0.15, -0.1) is 5.10 Å². The van der Waals surface area contributed by atoms with Crippen molar-refractivity contribution in [1.82, 2.24) is 19.6 Å². The van der Waals surface area contributed by atoms with Gasteiger partial charge in [-0.25, -0.2) is 9.50 Å². The predicted octanol–water partition coefficient (Wildman–Crippen LogP) is 1.80. The highest BCUT2D eigenvalue weighted by Gasteiger charge is 2.07. The van der Waals surface area contributed by atoms with Crippen molar-refractivity contribution in [1.29, 1.82) is 0 Å². The Bertz CT molecular complexity index is 648. The lowest BCUT2D eigenvalue weighted by Crippen LogP contribution is -1.89. The average molecular weight is 226 g/mol. The molecule has 0 atom stereocenters. The molecule has 0 radical (unpaired) electrons. The average Bonchev–Trinajstić information content (AvgIpc) is 2.82. The van der Waals surface area contributed by atoms with Crippen molar-refractivity contribution in [3.8, 4) is 17.3 Å². The summed E-state index contributed by atoms with van der Waals surface area (Å²) in [6.07, 6.45) is 3.54. The SMILES string of the molecule is COc1ccn2nc(-c3ccccn3)nc2c1. The molecule has 5 heteroatoms. The summed E-state index contributed by atoms with van der Waals surface area (Å²) in [6, 6.07) is 9.33. The van der Waals surface area contributed by atoms with E-state index in [9.17, 15) is 0 Å². The molecule has 3 rings (SSSR count). The fourth-order valence-electron chi connectivity index (χ4n) is 1.59. The van der Waals surface area contributed by atoms with E-state index in [2.05, 4.69) is 15.1 Å². The lowest BCUT2D eigenvalue weighted by atomic mass is 10.3. The molecule has 0 unspecified atom stereocenters. The van der Waals surface area contributed by atoms with Crippen LogP contribution in [0.15, 0.2) is 42.7 Å².